The maximum atomic E-state index is 12.5. The van der Waals surface area contributed by atoms with Crippen molar-refractivity contribution < 1.29 is 14.3 Å². The van der Waals surface area contributed by atoms with Crippen LogP contribution < -0.4 is 0 Å². The molecule has 8 heteroatoms. The van der Waals surface area contributed by atoms with Crippen LogP contribution in [0, 0.1) is 6.92 Å². The van der Waals surface area contributed by atoms with Crippen molar-refractivity contribution in [2.75, 3.05) is 19.7 Å². The molecule has 2 heterocycles. The van der Waals surface area contributed by atoms with Crippen LogP contribution in [0.2, 0.25) is 5.02 Å². The van der Waals surface area contributed by atoms with Crippen LogP contribution in [0.5, 0.6) is 0 Å². The SMILES string of the molecule is C=CCN(CC=C)C(=O)COC(=O)c1cc2c(C)nn(-c3cccc(Cl)c3)c2s1. The van der Waals surface area contributed by atoms with Gasteiger partial charge >= 0.3 is 5.97 Å². The zero-order valence-corrected chi connectivity index (χ0v) is 17.5. The molecule has 1 aromatic carbocycles. The molecule has 0 fully saturated rings. The number of hydrogen-bond acceptors (Lipinski definition) is 5. The predicted octanol–water partition coefficient (Wildman–Crippen LogP) is 4.41. The molecule has 150 valence electrons. The second-order valence-electron chi connectivity index (χ2n) is 6.26. The van der Waals surface area contributed by atoms with Crippen LogP contribution in [0.25, 0.3) is 15.9 Å². The normalized spacial score (nSPS) is 10.7. The standard InChI is InChI=1S/C21H20ClN3O3S/c1-4-9-24(10-5-2)19(26)13-28-21(27)18-12-17-14(3)23-25(20(17)29-18)16-8-6-7-15(22)11-16/h4-8,11-12H,1-2,9-10,13H2,3H3. The fourth-order valence-corrected chi connectivity index (χ4v) is 4.07. The van der Waals surface area contributed by atoms with Gasteiger partial charge in [0.2, 0.25) is 0 Å². The molecule has 0 radical (unpaired) electrons. The first-order chi connectivity index (χ1) is 13.9. The summed E-state index contributed by atoms with van der Waals surface area (Å²) in [5, 5.41) is 5.99. The Labute approximate surface area is 177 Å². The number of nitrogens with zero attached hydrogens (tertiary/aromatic N) is 3. The van der Waals surface area contributed by atoms with Gasteiger partial charge in [0.1, 0.15) is 9.71 Å². The zero-order valence-electron chi connectivity index (χ0n) is 15.9. The van der Waals surface area contributed by atoms with E-state index < -0.39 is 5.97 Å². The van der Waals surface area contributed by atoms with Crippen molar-refractivity contribution in [2.24, 2.45) is 0 Å². The summed E-state index contributed by atoms with van der Waals surface area (Å²) in [6.07, 6.45) is 3.22. The second kappa shape index (κ2) is 9.07. The lowest BCUT2D eigenvalue weighted by Gasteiger charge is -2.18. The molecule has 3 rings (SSSR count). The Morgan fingerprint density at radius 2 is 2.00 bits per heavy atom. The lowest BCUT2D eigenvalue weighted by Crippen LogP contribution is -2.34. The van der Waals surface area contributed by atoms with Crippen molar-refractivity contribution in [2.45, 2.75) is 6.92 Å². The number of carbonyl (C=O) groups excluding carboxylic acids is 2. The van der Waals surface area contributed by atoms with Crippen molar-refractivity contribution in [3.63, 3.8) is 0 Å². The first kappa shape index (κ1) is 20.8. The van der Waals surface area contributed by atoms with Crippen molar-refractivity contribution >= 4 is 45.0 Å². The number of carbonyl (C=O) groups is 2. The van der Waals surface area contributed by atoms with E-state index in [0.29, 0.717) is 23.0 Å². The molecule has 0 unspecified atom stereocenters. The molecule has 0 saturated carbocycles. The van der Waals surface area contributed by atoms with Gasteiger partial charge in [0.25, 0.3) is 5.91 Å². The molecule has 6 nitrogen and oxygen atoms in total. The highest BCUT2D eigenvalue weighted by atomic mass is 35.5. The van der Waals surface area contributed by atoms with E-state index in [9.17, 15) is 9.59 Å². The molecule has 0 saturated heterocycles. The fraction of sp³-hybridized carbons (Fsp3) is 0.190. The number of benzene rings is 1. The topological polar surface area (TPSA) is 64.4 Å². The van der Waals surface area contributed by atoms with Gasteiger partial charge in [0.15, 0.2) is 6.61 Å². The van der Waals surface area contributed by atoms with E-state index in [1.165, 1.54) is 16.2 Å². The van der Waals surface area contributed by atoms with Crippen LogP contribution in [0.3, 0.4) is 0 Å². The molecule has 2 aromatic heterocycles. The molecule has 0 aliphatic rings. The Kier molecular flexibility index (Phi) is 6.51. The van der Waals surface area contributed by atoms with E-state index in [-0.39, 0.29) is 12.5 Å². The molecular formula is C21H20ClN3O3S. The van der Waals surface area contributed by atoms with E-state index in [1.54, 1.807) is 35.0 Å². The fourth-order valence-electron chi connectivity index (χ4n) is 2.81. The Bertz CT molecular complexity index is 1080. The predicted molar refractivity (Wildman–Crippen MR) is 116 cm³/mol. The third kappa shape index (κ3) is 4.58. The van der Waals surface area contributed by atoms with Crippen molar-refractivity contribution in [3.8, 4) is 5.69 Å². The minimum absolute atomic E-state index is 0.305. The molecule has 0 bridgehead atoms. The molecule has 3 aromatic rings. The summed E-state index contributed by atoms with van der Waals surface area (Å²) >= 11 is 7.35. The summed E-state index contributed by atoms with van der Waals surface area (Å²) < 4.78 is 6.98. The number of rotatable bonds is 8. The third-order valence-corrected chi connectivity index (χ3v) is 5.50. The van der Waals surface area contributed by atoms with E-state index in [2.05, 4.69) is 18.3 Å². The smallest absolute Gasteiger partial charge is 0.348 e. The van der Waals surface area contributed by atoms with Gasteiger partial charge < -0.3 is 9.64 Å². The first-order valence-corrected chi connectivity index (χ1v) is 10.1. The van der Waals surface area contributed by atoms with Gasteiger partial charge in [-0.05, 0) is 31.2 Å². The highest BCUT2D eigenvalue weighted by Crippen LogP contribution is 2.31. The molecule has 0 N–H and O–H groups in total. The number of thiophene rings is 1. The Morgan fingerprint density at radius 1 is 1.28 bits per heavy atom. The number of aromatic nitrogens is 2. The lowest BCUT2D eigenvalue weighted by atomic mass is 10.3. The Balaban J connectivity index is 1.79. The molecular weight excluding hydrogens is 410 g/mol. The number of fused-ring (bicyclic) bond motifs is 1. The van der Waals surface area contributed by atoms with Crippen LogP contribution >= 0.6 is 22.9 Å². The van der Waals surface area contributed by atoms with Crippen LogP contribution in [0.15, 0.2) is 55.6 Å². The highest BCUT2D eigenvalue weighted by molar-refractivity contribution is 7.20. The molecule has 0 aliphatic heterocycles. The summed E-state index contributed by atoms with van der Waals surface area (Å²) in [7, 11) is 0. The van der Waals surface area contributed by atoms with Crippen LogP contribution in [0.1, 0.15) is 15.4 Å². The minimum atomic E-state index is -0.547. The Hall–Kier alpha value is -2.90. The van der Waals surface area contributed by atoms with Crippen LogP contribution in [-0.4, -0.2) is 46.3 Å². The summed E-state index contributed by atoms with van der Waals surface area (Å²) in [4.78, 5) is 27.4. The van der Waals surface area contributed by atoms with E-state index in [0.717, 1.165) is 21.6 Å². The van der Waals surface area contributed by atoms with Gasteiger partial charge in [-0.3, -0.25) is 4.79 Å². The van der Waals surface area contributed by atoms with Crippen molar-refractivity contribution in [1.82, 2.24) is 14.7 Å². The van der Waals surface area contributed by atoms with Crippen LogP contribution in [-0.2, 0) is 9.53 Å². The second-order valence-corrected chi connectivity index (χ2v) is 7.73. The molecule has 0 atom stereocenters. The summed E-state index contributed by atoms with van der Waals surface area (Å²) in [6.45, 7) is 9.50. The van der Waals surface area contributed by atoms with Gasteiger partial charge in [-0.25, -0.2) is 9.48 Å². The third-order valence-electron chi connectivity index (χ3n) is 4.18. The summed E-state index contributed by atoms with van der Waals surface area (Å²) in [6, 6.07) is 9.06. The van der Waals surface area contributed by atoms with Gasteiger partial charge in [0, 0.05) is 23.5 Å². The summed E-state index contributed by atoms with van der Waals surface area (Å²) in [5.74, 6) is -0.853. The van der Waals surface area contributed by atoms with Gasteiger partial charge in [-0.15, -0.1) is 24.5 Å². The van der Waals surface area contributed by atoms with Crippen molar-refractivity contribution in [1.29, 1.82) is 0 Å². The number of aryl methyl sites for hydroxylation is 1. The van der Waals surface area contributed by atoms with E-state index in [4.69, 9.17) is 16.3 Å². The van der Waals surface area contributed by atoms with Crippen molar-refractivity contribution in [3.05, 3.63) is 71.2 Å². The Morgan fingerprint density at radius 3 is 2.66 bits per heavy atom. The van der Waals surface area contributed by atoms with E-state index in [1.807, 2.05) is 19.1 Å². The molecule has 0 spiro atoms. The quantitative estimate of drug-likeness (QED) is 0.393. The van der Waals surface area contributed by atoms with Gasteiger partial charge in [-0.1, -0.05) is 29.8 Å². The zero-order chi connectivity index (χ0) is 21.0. The molecule has 0 aliphatic carbocycles. The average molecular weight is 430 g/mol. The van der Waals surface area contributed by atoms with Gasteiger partial charge in [-0.2, -0.15) is 5.10 Å². The average Bonchev–Trinajstić information content (AvgIpc) is 3.26. The lowest BCUT2D eigenvalue weighted by molar-refractivity contribution is -0.133. The first-order valence-electron chi connectivity index (χ1n) is 8.86. The molecule has 1 amide bonds. The number of ether oxygens (including phenoxy) is 1. The van der Waals surface area contributed by atoms with Crippen LogP contribution in [0.4, 0.5) is 0 Å². The maximum absolute atomic E-state index is 12.5. The number of halogens is 1. The van der Waals surface area contributed by atoms with E-state index >= 15 is 0 Å². The number of hydrogen-bond donors (Lipinski definition) is 0. The molecule has 29 heavy (non-hydrogen) atoms. The number of esters is 1. The largest absolute Gasteiger partial charge is 0.451 e. The highest BCUT2D eigenvalue weighted by Gasteiger charge is 2.20. The minimum Gasteiger partial charge on any atom is -0.451 e. The maximum Gasteiger partial charge on any atom is 0.348 e. The summed E-state index contributed by atoms with van der Waals surface area (Å²) in [5.41, 5.74) is 1.59. The number of amides is 1. The monoisotopic (exact) mass is 429 g/mol. The van der Waals surface area contributed by atoms with Gasteiger partial charge in [0.05, 0.1) is 11.4 Å².